The summed E-state index contributed by atoms with van der Waals surface area (Å²) in [6.45, 7) is 0.273. The maximum absolute atomic E-state index is 12.4. The van der Waals surface area contributed by atoms with Gasteiger partial charge in [0.05, 0.1) is 12.1 Å². The molecule has 0 radical (unpaired) electrons. The van der Waals surface area contributed by atoms with Crippen molar-refractivity contribution in [3.8, 4) is 0 Å². The van der Waals surface area contributed by atoms with E-state index in [-0.39, 0.29) is 18.5 Å². The van der Waals surface area contributed by atoms with Crippen molar-refractivity contribution < 1.29 is 9.59 Å². The zero-order valence-corrected chi connectivity index (χ0v) is 14.4. The molecular formula is C18H21N3O2S. The minimum Gasteiger partial charge on any atom is -0.366 e. The first-order chi connectivity index (χ1) is 11.6. The summed E-state index contributed by atoms with van der Waals surface area (Å²) in [5.41, 5.74) is 8.36. The van der Waals surface area contributed by atoms with Crippen molar-refractivity contribution in [2.75, 3.05) is 18.9 Å². The topological polar surface area (TPSA) is 75.4 Å². The Labute approximate surface area is 145 Å². The fraction of sp³-hybridized carbons (Fsp3) is 0.333. The normalized spacial score (nSPS) is 16.7. The van der Waals surface area contributed by atoms with Crippen LogP contribution in [0.15, 0.2) is 35.7 Å². The molecular weight excluding hydrogens is 322 g/mol. The fourth-order valence-corrected chi connectivity index (χ4v) is 4.10. The molecule has 0 bridgehead atoms. The highest BCUT2D eigenvalue weighted by Gasteiger charge is 2.25. The van der Waals surface area contributed by atoms with E-state index in [1.807, 2.05) is 7.05 Å². The Kier molecular flexibility index (Phi) is 4.97. The lowest BCUT2D eigenvalue weighted by Crippen LogP contribution is -2.35. The van der Waals surface area contributed by atoms with Crippen LogP contribution in [0.5, 0.6) is 0 Å². The number of anilines is 1. The molecule has 3 N–H and O–H groups in total. The number of hydrogen-bond donors (Lipinski definition) is 2. The minimum atomic E-state index is -0.527. The van der Waals surface area contributed by atoms with Crippen LogP contribution in [0.4, 0.5) is 5.00 Å². The predicted molar refractivity (Wildman–Crippen MR) is 96.2 cm³/mol. The van der Waals surface area contributed by atoms with Gasteiger partial charge in [0.15, 0.2) is 0 Å². The van der Waals surface area contributed by atoms with Gasteiger partial charge in [-0.05, 0) is 48.9 Å². The van der Waals surface area contributed by atoms with Crippen molar-refractivity contribution in [2.45, 2.75) is 25.3 Å². The number of benzene rings is 1. The van der Waals surface area contributed by atoms with E-state index in [1.54, 1.807) is 11.4 Å². The Morgan fingerprint density at radius 2 is 2.12 bits per heavy atom. The van der Waals surface area contributed by atoms with Crippen LogP contribution in [-0.4, -0.2) is 30.3 Å². The number of amides is 2. The summed E-state index contributed by atoms with van der Waals surface area (Å²) in [5, 5.41) is 5.07. The number of aryl methyl sites for hydroxylation is 1. The number of nitrogens with one attached hydrogen (secondary N) is 1. The molecule has 6 heteroatoms. The van der Waals surface area contributed by atoms with Crippen molar-refractivity contribution >= 4 is 28.2 Å². The molecule has 0 saturated carbocycles. The van der Waals surface area contributed by atoms with Crippen LogP contribution in [0, 0.1) is 0 Å². The third-order valence-corrected chi connectivity index (χ3v) is 5.28. The summed E-state index contributed by atoms with van der Waals surface area (Å²) in [5.74, 6) is -0.661. The Hall–Kier alpha value is -2.18. The molecule has 2 amide bonds. The average molecular weight is 343 g/mol. The van der Waals surface area contributed by atoms with E-state index in [2.05, 4.69) is 34.5 Å². The quantitative estimate of drug-likeness (QED) is 0.876. The highest BCUT2D eigenvalue weighted by atomic mass is 32.1. The van der Waals surface area contributed by atoms with E-state index in [4.69, 9.17) is 5.73 Å². The minimum absolute atomic E-state index is 0.134. The highest BCUT2D eigenvalue weighted by Crippen LogP contribution is 2.33. The molecule has 0 unspecified atom stereocenters. The Balaban J connectivity index is 1.67. The number of carbonyl (C=O) groups excluding carboxylic acids is 2. The van der Waals surface area contributed by atoms with Crippen molar-refractivity contribution in [1.29, 1.82) is 0 Å². The van der Waals surface area contributed by atoms with Crippen LogP contribution in [0.2, 0.25) is 0 Å². The summed E-state index contributed by atoms with van der Waals surface area (Å²) in [6, 6.07) is 10.3. The van der Waals surface area contributed by atoms with E-state index >= 15 is 0 Å². The molecule has 24 heavy (non-hydrogen) atoms. The number of rotatable bonds is 5. The molecule has 1 atom stereocenters. The van der Waals surface area contributed by atoms with Gasteiger partial charge in [-0.25, -0.2) is 0 Å². The number of likely N-dealkylation sites (N-methyl/N-ethyl adjacent to an activating group) is 1. The molecule has 3 rings (SSSR count). The zero-order chi connectivity index (χ0) is 17.1. The third-order valence-electron chi connectivity index (χ3n) is 4.45. The van der Waals surface area contributed by atoms with Crippen molar-refractivity contribution in [1.82, 2.24) is 4.90 Å². The number of carbonyl (C=O) groups is 2. The van der Waals surface area contributed by atoms with E-state index in [9.17, 15) is 9.59 Å². The molecule has 5 nitrogen and oxygen atoms in total. The van der Waals surface area contributed by atoms with Crippen LogP contribution in [0.25, 0.3) is 0 Å². The lowest BCUT2D eigenvalue weighted by Gasteiger charge is -2.32. The molecule has 126 valence electrons. The van der Waals surface area contributed by atoms with Gasteiger partial charge in [0.1, 0.15) is 5.00 Å². The number of nitrogens with two attached hydrogens (primary N) is 1. The average Bonchev–Trinajstić information content (AvgIpc) is 3.02. The Morgan fingerprint density at radius 3 is 2.92 bits per heavy atom. The third kappa shape index (κ3) is 3.49. The first-order valence-electron chi connectivity index (χ1n) is 8.01. The van der Waals surface area contributed by atoms with Crippen molar-refractivity contribution in [3.05, 3.63) is 52.4 Å². The van der Waals surface area contributed by atoms with E-state index in [1.165, 1.54) is 22.5 Å². The van der Waals surface area contributed by atoms with E-state index < -0.39 is 5.91 Å². The van der Waals surface area contributed by atoms with Gasteiger partial charge in [-0.15, -0.1) is 11.3 Å². The van der Waals surface area contributed by atoms with Gasteiger partial charge in [0, 0.05) is 6.04 Å². The highest BCUT2D eigenvalue weighted by molar-refractivity contribution is 7.14. The van der Waals surface area contributed by atoms with Crippen LogP contribution < -0.4 is 11.1 Å². The van der Waals surface area contributed by atoms with Crippen LogP contribution in [0.3, 0.4) is 0 Å². The molecule has 1 aromatic carbocycles. The molecule has 1 heterocycles. The molecule has 1 aliphatic rings. The predicted octanol–water partition coefficient (Wildman–Crippen LogP) is 2.79. The maximum Gasteiger partial charge on any atom is 0.251 e. The number of thiophene rings is 1. The first kappa shape index (κ1) is 16.7. The first-order valence-corrected chi connectivity index (χ1v) is 8.89. The molecule has 0 saturated heterocycles. The molecule has 2 aromatic rings. The van der Waals surface area contributed by atoms with Crippen LogP contribution in [-0.2, 0) is 11.2 Å². The van der Waals surface area contributed by atoms with Crippen molar-refractivity contribution in [3.63, 3.8) is 0 Å². The van der Waals surface area contributed by atoms with Gasteiger partial charge in [0.25, 0.3) is 5.91 Å². The second kappa shape index (κ2) is 7.15. The van der Waals surface area contributed by atoms with E-state index in [0.717, 1.165) is 19.3 Å². The number of fused-ring (bicyclic) bond motifs is 1. The summed E-state index contributed by atoms with van der Waals surface area (Å²) >= 11 is 1.31. The van der Waals surface area contributed by atoms with E-state index in [0.29, 0.717) is 10.6 Å². The standard InChI is InChI=1S/C18H21N3O2S/c1-21(15-8-4-6-12-5-2-3-7-13(12)15)11-16(22)20-18-14(17(19)23)9-10-24-18/h2-3,5,7,9-10,15H,4,6,8,11H2,1H3,(H2,19,23)(H,20,22)/t15-/m1/s1. The molecule has 0 fully saturated rings. The van der Waals surface area contributed by atoms with Gasteiger partial charge in [-0.2, -0.15) is 0 Å². The molecule has 1 aliphatic carbocycles. The van der Waals surface area contributed by atoms with Gasteiger partial charge < -0.3 is 11.1 Å². The SMILES string of the molecule is CN(CC(=O)Nc1sccc1C(N)=O)[C@@H]1CCCc2ccccc21. The monoisotopic (exact) mass is 343 g/mol. The van der Waals surface area contributed by atoms with Gasteiger partial charge in [0.2, 0.25) is 5.91 Å². The van der Waals surface area contributed by atoms with Crippen LogP contribution >= 0.6 is 11.3 Å². The summed E-state index contributed by atoms with van der Waals surface area (Å²) in [6.07, 6.45) is 3.28. The van der Waals surface area contributed by atoms with Gasteiger partial charge >= 0.3 is 0 Å². The maximum atomic E-state index is 12.4. The fourth-order valence-electron chi connectivity index (χ4n) is 3.29. The number of primary amides is 1. The zero-order valence-electron chi connectivity index (χ0n) is 13.6. The van der Waals surface area contributed by atoms with Crippen molar-refractivity contribution in [2.24, 2.45) is 5.73 Å². The molecule has 0 spiro atoms. The smallest absolute Gasteiger partial charge is 0.251 e. The molecule has 1 aromatic heterocycles. The van der Waals surface area contributed by atoms with Gasteiger partial charge in [-0.3, -0.25) is 14.5 Å². The number of nitrogens with zero attached hydrogens (tertiary/aromatic N) is 1. The summed E-state index contributed by atoms with van der Waals surface area (Å²) in [4.78, 5) is 25.8. The molecule has 0 aliphatic heterocycles. The lowest BCUT2D eigenvalue weighted by atomic mass is 9.87. The number of hydrogen-bond acceptors (Lipinski definition) is 4. The van der Waals surface area contributed by atoms with Crippen LogP contribution in [0.1, 0.15) is 40.4 Å². The largest absolute Gasteiger partial charge is 0.366 e. The van der Waals surface area contributed by atoms with Gasteiger partial charge in [-0.1, -0.05) is 24.3 Å². The summed E-state index contributed by atoms with van der Waals surface area (Å²) < 4.78 is 0. The lowest BCUT2D eigenvalue weighted by molar-refractivity contribution is -0.117. The summed E-state index contributed by atoms with van der Waals surface area (Å²) in [7, 11) is 1.97. The Bertz CT molecular complexity index is 756. The second-order valence-corrected chi connectivity index (χ2v) is 7.01. The second-order valence-electron chi connectivity index (χ2n) is 6.10. The Morgan fingerprint density at radius 1 is 1.33 bits per heavy atom.